The molecule has 6 heteroatoms. The van der Waals surface area contributed by atoms with Crippen LogP contribution in [-0.4, -0.2) is 31.7 Å². The molecule has 0 aromatic heterocycles. The molecule has 0 unspecified atom stereocenters. The molecule has 3 rings (SSSR count). The molecule has 1 fully saturated rings. The molecule has 0 atom stereocenters. The SMILES string of the molecule is Cc1ccc(NC(=O)c2ccc(S(=O)(=O)N3CCCCCC3)cc2)cc1. The normalized spacial score (nSPS) is 16.0. The summed E-state index contributed by atoms with van der Waals surface area (Å²) in [7, 11) is -3.49. The Morgan fingerprint density at radius 2 is 1.46 bits per heavy atom. The van der Waals surface area contributed by atoms with Gasteiger partial charge in [0.25, 0.3) is 5.91 Å². The zero-order chi connectivity index (χ0) is 18.6. The van der Waals surface area contributed by atoms with Crippen molar-refractivity contribution in [3.8, 4) is 0 Å². The number of sulfonamides is 1. The van der Waals surface area contributed by atoms with E-state index in [9.17, 15) is 13.2 Å². The summed E-state index contributed by atoms with van der Waals surface area (Å²) in [5.74, 6) is -0.257. The average Bonchev–Trinajstić information content (AvgIpc) is 2.94. The van der Waals surface area contributed by atoms with Crippen molar-refractivity contribution < 1.29 is 13.2 Å². The molecule has 2 aromatic carbocycles. The van der Waals surface area contributed by atoms with Crippen molar-refractivity contribution in [1.29, 1.82) is 0 Å². The molecule has 0 aliphatic carbocycles. The second-order valence-corrected chi connectivity index (χ2v) is 8.60. The zero-order valence-electron chi connectivity index (χ0n) is 14.9. The van der Waals surface area contributed by atoms with Crippen LogP contribution in [0.5, 0.6) is 0 Å². The highest BCUT2D eigenvalue weighted by Gasteiger charge is 2.25. The van der Waals surface area contributed by atoms with Crippen molar-refractivity contribution in [2.45, 2.75) is 37.5 Å². The molecule has 1 heterocycles. The van der Waals surface area contributed by atoms with Gasteiger partial charge in [-0.2, -0.15) is 4.31 Å². The number of carbonyl (C=O) groups excluding carboxylic acids is 1. The van der Waals surface area contributed by atoms with Gasteiger partial charge >= 0.3 is 0 Å². The van der Waals surface area contributed by atoms with Gasteiger partial charge in [0.05, 0.1) is 4.90 Å². The molecule has 0 radical (unpaired) electrons. The lowest BCUT2D eigenvalue weighted by molar-refractivity contribution is 0.102. The van der Waals surface area contributed by atoms with Crippen molar-refractivity contribution in [3.05, 3.63) is 59.7 Å². The summed E-state index contributed by atoms with van der Waals surface area (Å²) in [6.07, 6.45) is 3.95. The number of aryl methyl sites for hydroxylation is 1. The van der Waals surface area contributed by atoms with E-state index in [-0.39, 0.29) is 10.8 Å². The highest BCUT2D eigenvalue weighted by Crippen LogP contribution is 2.21. The Hall–Kier alpha value is -2.18. The highest BCUT2D eigenvalue weighted by molar-refractivity contribution is 7.89. The molecule has 26 heavy (non-hydrogen) atoms. The Morgan fingerprint density at radius 1 is 0.885 bits per heavy atom. The van der Waals surface area contributed by atoms with Crippen LogP contribution in [0.1, 0.15) is 41.6 Å². The van der Waals surface area contributed by atoms with Crippen LogP contribution >= 0.6 is 0 Å². The number of carbonyl (C=O) groups is 1. The van der Waals surface area contributed by atoms with E-state index in [1.54, 1.807) is 16.4 Å². The molecule has 1 N–H and O–H groups in total. The lowest BCUT2D eigenvalue weighted by atomic mass is 10.2. The van der Waals surface area contributed by atoms with Gasteiger partial charge in [0.1, 0.15) is 0 Å². The number of nitrogens with one attached hydrogen (secondary N) is 1. The maximum Gasteiger partial charge on any atom is 0.255 e. The fourth-order valence-electron chi connectivity index (χ4n) is 3.05. The fraction of sp³-hybridized carbons (Fsp3) is 0.350. The summed E-state index contributed by atoms with van der Waals surface area (Å²) in [6.45, 7) is 3.12. The third-order valence-electron chi connectivity index (χ3n) is 4.63. The van der Waals surface area contributed by atoms with E-state index in [2.05, 4.69) is 5.32 Å². The predicted octanol–water partition coefficient (Wildman–Crippen LogP) is 3.81. The van der Waals surface area contributed by atoms with Crippen molar-refractivity contribution in [2.24, 2.45) is 0 Å². The number of benzene rings is 2. The Bertz CT molecular complexity index is 851. The minimum absolute atomic E-state index is 0.242. The molecule has 138 valence electrons. The number of amides is 1. The van der Waals surface area contributed by atoms with Crippen molar-refractivity contribution in [2.75, 3.05) is 18.4 Å². The molecular weight excluding hydrogens is 348 g/mol. The van der Waals surface area contributed by atoms with Crippen LogP contribution < -0.4 is 5.32 Å². The summed E-state index contributed by atoms with van der Waals surface area (Å²) in [6, 6.07) is 13.7. The quantitative estimate of drug-likeness (QED) is 0.887. The van der Waals surface area contributed by atoms with E-state index < -0.39 is 10.0 Å². The van der Waals surface area contributed by atoms with E-state index in [0.717, 1.165) is 31.2 Å². The molecule has 1 aliphatic rings. The minimum atomic E-state index is -3.49. The Balaban J connectivity index is 1.72. The summed E-state index contributed by atoms with van der Waals surface area (Å²) in [5, 5.41) is 2.82. The predicted molar refractivity (Wildman–Crippen MR) is 103 cm³/mol. The van der Waals surface area contributed by atoms with E-state index in [4.69, 9.17) is 0 Å². The first kappa shape index (κ1) is 18.6. The number of hydrogen-bond donors (Lipinski definition) is 1. The van der Waals surface area contributed by atoms with E-state index in [0.29, 0.717) is 24.3 Å². The second-order valence-electron chi connectivity index (χ2n) is 6.66. The molecule has 1 saturated heterocycles. The van der Waals surface area contributed by atoms with Crippen LogP contribution in [0.25, 0.3) is 0 Å². The van der Waals surface area contributed by atoms with Gasteiger partial charge in [0, 0.05) is 24.3 Å². The van der Waals surface area contributed by atoms with Gasteiger partial charge in [0.15, 0.2) is 0 Å². The van der Waals surface area contributed by atoms with Crippen LogP contribution in [0.2, 0.25) is 0 Å². The van der Waals surface area contributed by atoms with E-state index in [1.165, 1.54) is 12.1 Å². The van der Waals surface area contributed by atoms with Gasteiger partial charge in [-0.1, -0.05) is 30.5 Å². The van der Waals surface area contributed by atoms with Crippen LogP contribution in [-0.2, 0) is 10.0 Å². The smallest absolute Gasteiger partial charge is 0.255 e. The molecule has 2 aromatic rings. The van der Waals surface area contributed by atoms with Gasteiger partial charge in [-0.05, 0) is 56.2 Å². The van der Waals surface area contributed by atoms with Gasteiger partial charge in [0.2, 0.25) is 10.0 Å². The molecule has 5 nitrogen and oxygen atoms in total. The molecule has 0 spiro atoms. The van der Waals surface area contributed by atoms with Crippen LogP contribution in [0, 0.1) is 6.92 Å². The van der Waals surface area contributed by atoms with Gasteiger partial charge < -0.3 is 5.32 Å². The molecular formula is C20H24N2O3S. The summed E-state index contributed by atoms with van der Waals surface area (Å²) in [5.41, 5.74) is 2.26. The average molecular weight is 372 g/mol. The second kappa shape index (κ2) is 8.01. The summed E-state index contributed by atoms with van der Waals surface area (Å²) < 4.78 is 27.1. The largest absolute Gasteiger partial charge is 0.322 e. The monoisotopic (exact) mass is 372 g/mol. The lowest BCUT2D eigenvalue weighted by Crippen LogP contribution is -2.31. The maximum absolute atomic E-state index is 12.8. The standard InChI is InChI=1S/C20H24N2O3S/c1-16-6-10-18(11-7-16)21-20(23)17-8-12-19(13-9-17)26(24,25)22-14-4-2-3-5-15-22/h6-13H,2-5,14-15H2,1H3,(H,21,23). The summed E-state index contributed by atoms with van der Waals surface area (Å²) in [4.78, 5) is 12.6. The number of hydrogen-bond acceptors (Lipinski definition) is 3. The number of nitrogens with zero attached hydrogens (tertiary/aromatic N) is 1. The number of rotatable bonds is 4. The van der Waals surface area contributed by atoms with Crippen LogP contribution in [0.3, 0.4) is 0 Å². The maximum atomic E-state index is 12.8. The third kappa shape index (κ3) is 4.31. The van der Waals surface area contributed by atoms with Gasteiger partial charge in [-0.15, -0.1) is 0 Å². The van der Waals surface area contributed by atoms with Crippen LogP contribution in [0.4, 0.5) is 5.69 Å². The molecule has 1 aliphatic heterocycles. The first-order chi connectivity index (χ1) is 12.5. The third-order valence-corrected chi connectivity index (χ3v) is 6.54. The lowest BCUT2D eigenvalue weighted by Gasteiger charge is -2.20. The first-order valence-electron chi connectivity index (χ1n) is 8.95. The van der Waals surface area contributed by atoms with E-state index >= 15 is 0 Å². The zero-order valence-corrected chi connectivity index (χ0v) is 15.8. The Labute approximate surface area is 155 Å². The minimum Gasteiger partial charge on any atom is -0.322 e. The van der Waals surface area contributed by atoms with E-state index in [1.807, 2.05) is 31.2 Å². The molecule has 0 saturated carbocycles. The Morgan fingerprint density at radius 3 is 2.04 bits per heavy atom. The van der Waals surface area contributed by atoms with Crippen molar-refractivity contribution in [1.82, 2.24) is 4.31 Å². The molecule has 0 bridgehead atoms. The topological polar surface area (TPSA) is 66.5 Å². The van der Waals surface area contributed by atoms with Crippen molar-refractivity contribution >= 4 is 21.6 Å². The van der Waals surface area contributed by atoms with Crippen LogP contribution in [0.15, 0.2) is 53.4 Å². The summed E-state index contributed by atoms with van der Waals surface area (Å²) >= 11 is 0. The number of anilines is 1. The van der Waals surface area contributed by atoms with Gasteiger partial charge in [-0.3, -0.25) is 4.79 Å². The van der Waals surface area contributed by atoms with Gasteiger partial charge in [-0.25, -0.2) is 8.42 Å². The highest BCUT2D eigenvalue weighted by atomic mass is 32.2. The van der Waals surface area contributed by atoms with Crippen molar-refractivity contribution in [3.63, 3.8) is 0 Å². The fourth-order valence-corrected chi connectivity index (χ4v) is 4.57. The Kier molecular flexibility index (Phi) is 5.74. The first-order valence-corrected chi connectivity index (χ1v) is 10.4. The molecule has 1 amide bonds.